The van der Waals surface area contributed by atoms with Crippen LogP contribution in [0.15, 0.2) is 30.3 Å². The molecule has 0 aromatic heterocycles. The molecule has 25 heavy (non-hydrogen) atoms. The number of Topliss-reactive ketones (excluding diaryl/α,β-unsaturated/α-hetero) is 1. The molecule has 0 spiro atoms. The van der Waals surface area contributed by atoms with Crippen LogP contribution in [0.2, 0.25) is 25.7 Å². The molecule has 1 rings (SSSR count). The molecule has 0 amide bonds. The smallest absolute Gasteiger partial charge is 0.323 e. The summed E-state index contributed by atoms with van der Waals surface area (Å²) in [5.74, 6) is -1.65. The molecule has 1 aromatic carbocycles. The molecule has 0 bridgehead atoms. The van der Waals surface area contributed by atoms with Crippen molar-refractivity contribution in [3.63, 3.8) is 0 Å². The van der Waals surface area contributed by atoms with Crippen LogP contribution in [0.5, 0.6) is 0 Å². The Hall–Kier alpha value is -1.99. The van der Waals surface area contributed by atoms with Gasteiger partial charge in [-0.05, 0) is 12.5 Å². The molecular formula is C18H27NO5Si. The van der Waals surface area contributed by atoms with E-state index in [0.717, 1.165) is 6.04 Å². The van der Waals surface area contributed by atoms with E-state index < -0.39 is 26.1 Å². The predicted molar refractivity (Wildman–Crippen MR) is 98.5 cm³/mol. The molecule has 0 aliphatic rings. The number of carbonyl (C=O) groups excluding carboxylic acids is 2. The van der Waals surface area contributed by atoms with Gasteiger partial charge in [0.25, 0.3) is 0 Å². The summed E-state index contributed by atoms with van der Waals surface area (Å²) in [7, 11) is -1.32. The molecule has 1 atom stereocenters. The summed E-state index contributed by atoms with van der Waals surface area (Å²) in [5, 5.41) is 11.7. The summed E-state index contributed by atoms with van der Waals surface area (Å²) in [6.45, 7) is 6.82. The average molecular weight is 366 g/mol. The maximum Gasteiger partial charge on any atom is 0.323 e. The van der Waals surface area contributed by atoms with E-state index >= 15 is 0 Å². The Kier molecular flexibility index (Phi) is 8.51. The minimum absolute atomic E-state index is 0.0442. The van der Waals surface area contributed by atoms with Gasteiger partial charge in [-0.2, -0.15) is 0 Å². The van der Waals surface area contributed by atoms with Gasteiger partial charge in [0.1, 0.15) is 6.04 Å². The number of rotatable bonds is 11. The maximum atomic E-state index is 12.2. The van der Waals surface area contributed by atoms with E-state index in [1.807, 2.05) is 6.07 Å². The van der Waals surface area contributed by atoms with Crippen LogP contribution < -0.4 is 5.32 Å². The van der Waals surface area contributed by atoms with Gasteiger partial charge in [-0.3, -0.25) is 19.7 Å². The fourth-order valence-electron chi connectivity index (χ4n) is 2.07. The number of aliphatic carboxylic acids is 1. The van der Waals surface area contributed by atoms with Crippen LogP contribution in [0.4, 0.5) is 0 Å². The largest absolute Gasteiger partial charge is 0.481 e. The zero-order valence-corrected chi connectivity index (χ0v) is 16.1. The molecule has 2 N–H and O–H groups in total. The third kappa shape index (κ3) is 9.16. The Morgan fingerprint density at radius 3 is 2.36 bits per heavy atom. The molecule has 1 unspecified atom stereocenters. The highest BCUT2D eigenvalue weighted by Crippen LogP contribution is 2.09. The fraction of sp³-hybridized carbons (Fsp3) is 0.500. The summed E-state index contributed by atoms with van der Waals surface area (Å²) in [4.78, 5) is 35.1. The molecule has 0 aliphatic heterocycles. The van der Waals surface area contributed by atoms with Crippen LogP contribution in [0.3, 0.4) is 0 Å². The standard InChI is InChI=1S/C18H27NO5Si/c1-25(2,3)12-11-24-18(23)15(9-10-17(21)22)19-13-16(20)14-7-5-4-6-8-14/h4-8,15,19H,9-13H2,1-3H3,(H,21,22). The van der Waals surface area contributed by atoms with Crippen molar-refractivity contribution in [2.24, 2.45) is 0 Å². The molecule has 0 saturated heterocycles. The minimum atomic E-state index is -1.32. The SMILES string of the molecule is C[Si](C)(C)CCOC(=O)C(CCC(=O)O)NCC(=O)c1ccccc1. The topological polar surface area (TPSA) is 92.7 Å². The first-order valence-electron chi connectivity index (χ1n) is 8.39. The number of carboxylic acid groups (broad SMARTS) is 1. The molecule has 0 fully saturated rings. The highest BCUT2D eigenvalue weighted by Gasteiger charge is 2.23. The van der Waals surface area contributed by atoms with Gasteiger partial charge in [0.15, 0.2) is 5.78 Å². The van der Waals surface area contributed by atoms with E-state index in [2.05, 4.69) is 25.0 Å². The van der Waals surface area contributed by atoms with Crippen molar-refractivity contribution in [3.05, 3.63) is 35.9 Å². The summed E-state index contributed by atoms with van der Waals surface area (Å²) in [6.07, 6.45) is -0.0799. The molecule has 138 valence electrons. The lowest BCUT2D eigenvalue weighted by Crippen LogP contribution is -2.41. The van der Waals surface area contributed by atoms with Crippen molar-refractivity contribution in [2.45, 2.75) is 44.6 Å². The lowest BCUT2D eigenvalue weighted by molar-refractivity contribution is -0.146. The third-order valence-corrected chi connectivity index (χ3v) is 5.34. The molecule has 1 aromatic rings. The van der Waals surface area contributed by atoms with Crippen molar-refractivity contribution in [1.82, 2.24) is 5.32 Å². The van der Waals surface area contributed by atoms with Crippen molar-refractivity contribution < 1.29 is 24.2 Å². The predicted octanol–water partition coefficient (Wildman–Crippen LogP) is 2.57. The maximum absolute atomic E-state index is 12.2. The summed E-state index contributed by atoms with van der Waals surface area (Å²) in [6, 6.07) is 8.78. The zero-order valence-electron chi connectivity index (χ0n) is 15.1. The molecule has 0 radical (unpaired) electrons. The molecule has 0 aliphatic carbocycles. The number of benzene rings is 1. The summed E-state index contributed by atoms with van der Waals surface area (Å²) >= 11 is 0. The van der Waals surface area contributed by atoms with Crippen LogP contribution in [-0.2, 0) is 14.3 Å². The van der Waals surface area contributed by atoms with Gasteiger partial charge < -0.3 is 9.84 Å². The van der Waals surface area contributed by atoms with E-state index in [-0.39, 0.29) is 25.2 Å². The number of hydrogen-bond acceptors (Lipinski definition) is 5. The number of hydrogen-bond donors (Lipinski definition) is 2. The van der Waals surface area contributed by atoms with E-state index in [4.69, 9.17) is 9.84 Å². The number of ketones is 1. The van der Waals surface area contributed by atoms with Crippen LogP contribution in [0.25, 0.3) is 0 Å². The Labute approximate surface area is 149 Å². The molecular weight excluding hydrogens is 338 g/mol. The van der Waals surface area contributed by atoms with Gasteiger partial charge >= 0.3 is 11.9 Å². The monoisotopic (exact) mass is 365 g/mol. The zero-order chi connectivity index (χ0) is 18.9. The van der Waals surface area contributed by atoms with Crippen LogP contribution in [0.1, 0.15) is 23.2 Å². The second kappa shape index (κ2) is 10.1. The average Bonchev–Trinajstić information content (AvgIpc) is 2.53. The molecule has 0 heterocycles. The van der Waals surface area contributed by atoms with E-state index in [9.17, 15) is 14.4 Å². The minimum Gasteiger partial charge on any atom is -0.481 e. The Morgan fingerprint density at radius 2 is 1.80 bits per heavy atom. The second-order valence-corrected chi connectivity index (χ2v) is 12.8. The first-order chi connectivity index (χ1) is 11.7. The lowest BCUT2D eigenvalue weighted by Gasteiger charge is -2.19. The molecule has 7 heteroatoms. The fourth-order valence-corrected chi connectivity index (χ4v) is 2.79. The second-order valence-electron chi connectivity index (χ2n) is 7.13. The summed E-state index contributed by atoms with van der Waals surface area (Å²) in [5.41, 5.74) is 0.541. The Bertz CT molecular complexity index is 583. The van der Waals surface area contributed by atoms with Crippen LogP contribution in [-0.4, -0.2) is 50.1 Å². The van der Waals surface area contributed by atoms with E-state index in [0.29, 0.717) is 12.2 Å². The van der Waals surface area contributed by atoms with E-state index in [1.165, 1.54) is 0 Å². The van der Waals surface area contributed by atoms with Crippen molar-refractivity contribution in [3.8, 4) is 0 Å². The Balaban J connectivity index is 2.58. The lowest BCUT2D eigenvalue weighted by atomic mass is 10.1. The highest BCUT2D eigenvalue weighted by atomic mass is 28.3. The number of nitrogens with one attached hydrogen (secondary N) is 1. The van der Waals surface area contributed by atoms with Gasteiger partial charge in [0.2, 0.25) is 0 Å². The van der Waals surface area contributed by atoms with Gasteiger partial charge in [-0.15, -0.1) is 0 Å². The molecule has 0 saturated carbocycles. The third-order valence-electron chi connectivity index (χ3n) is 3.63. The number of carbonyl (C=O) groups is 3. The highest BCUT2D eigenvalue weighted by molar-refractivity contribution is 6.76. The van der Waals surface area contributed by atoms with Crippen molar-refractivity contribution in [2.75, 3.05) is 13.2 Å². The van der Waals surface area contributed by atoms with Crippen molar-refractivity contribution >= 4 is 25.8 Å². The summed E-state index contributed by atoms with van der Waals surface area (Å²) < 4.78 is 5.28. The number of esters is 1. The first kappa shape index (κ1) is 21.1. The normalized spacial score (nSPS) is 12.4. The van der Waals surface area contributed by atoms with Gasteiger partial charge in [-0.1, -0.05) is 50.0 Å². The van der Waals surface area contributed by atoms with Crippen molar-refractivity contribution in [1.29, 1.82) is 0 Å². The Morgan fingerprint density at radius 1 is 1.16 bits per heavy atom. The van der Waals surface area contributed by atoms with Gasteiger partial charge in [0.05, 0.1) is 13.2 Å². The number of carboxylic acids is 1. The van der Waals surface area contributed by atoms with Crippen LogP contribution >= 0.6 is 0 Å². The first-order valence-corrected chi connectivity index (χ1v) is 12.1. The quantitative estimate of drug-likeness (QED) is 0.356. The van der Waals surface area contributed by atoms with Crippen LogP contribution in [0, 0.1) is 0 Å². The van der Waals surface area contributed by atoms with E-state index in [1.54, 1.807) is 24.3 Å². The molecule has 6 nitrogen and oxygen atoms in total. The number of ether oxygens (including phenoxy) is 1. The van der Waals surface area contributed by atoms with Gasteiger partial charge in [0, 0.05) is 20.1 Å². The van der Waals surface area contributed by atoms with Gasteiger partial charge in [-0.25, -0.2) is 0 Å².